The van der Waals surface area contributed by atoms with Gasteiger partial charge in [0, 0.05) is 0 Å². The first-order valence-electron chi connectivity index (χ1n) is 7.07. The molecule has 0 bridgehead atoms. The third kappa shape index (κ3) is 4.32. The zero-order valence-corrected chi connectivity index (χ0v) is 14.1. The number of sulfonamides is 1. The number of hydrogen-bond acceptors (Lipinski definition) is 4. The molecule has 0 aliphatic heterocycles. The second kappa shape index (κ2) is 6.83. The molecule has 0 aliphatic carbocycles. The van der Waals surface area contributed by atoms with Crippen LogP contribution < -0.4 is 9.46 Å². The van der Waals surface area contributed by atoms with Gasteiger partial charge in [-0.1, -0.05) is 24.3 Å². The van der Waals surface area contributed by atoms with Crippen LogP contribution in [0.5, 0.6) is 5.75 Å². The number of rotatable bonds is 5. The van der Waals surface area contributed by atoms with Crippen LogP contribution in [0.15, 0.2) is 47.4 Å². The third-order valence-electron chi connectivity index (χ3n) is 3.41. The molecule has 0 aliphatic rings. The standard InChI is InChI=1S/C17H19NO4S/c1-12-4-5-13(2)16(10-12)23(20,21)18-17(19)11-14-6-8-15(22-3)9-7-14/h4-10H,11H2,1-3H3,(H,18,19). The SMILES string of the molecule is COc1ccc(CC(=O)NS(=O)(=O)c2cc(C)ccc2C)cc1. The van der Waals surface area contributed by atoms with Gasteiger partial charge in [-0.2, -0.15) is 0 Å². The molecule has 0 atom stereocenters. The number of ether oxygens (including phenoxy) is 1. The van der Waals surface area contributed by atoms with E-state index in [1.807, 2.05) is 6.07 Å². The molecule has 23 heavy (non-hydrogen) atoms. The summed E-state index contributed by atoms with van der Waals surface area (Å²) in [7, 11) is -2.32. The molecule has 2 aromatic rings. The molecule has 0 heterocycles. The van der Waals surface area contributed by atoms with Gasteiger partial charge in [-0.15, -0.1) is 0 Å². The summed E-state index contributed by atoms with van der Waals surface area (Å²) in [6, 6.07) is 12.0. The van der Waals surface area contributed by atoms with E-state index in [9.17, 15) is 13.2 Å². The van der Waals surface area contributed by atoms with Crippen molar-refractivity contribution in [1.82, 2.24) is 4.72 Å². The molecule has 5 nitrogen and oxygen atoms in total. The average Bonchev–Trinajstić information content (AvgIpc) is 2.49. The summed E-state index contributed by atoms with van der Waals surface area (Å²) in [4.78, 5) is 12.2. The fourth-order valence-electron chi connectivity index (χ4n) is 2.17. The Morgan fingerprint density at radius 3 is 2.35 bits per heavy atom. The van der Waals surface area contributed by atoms with E-state index in [1.54, 1.807) is 57.4 Å². The summed E-state index contributed by atoms with van der Waals surface area (Å²) in [5.41, 5.74) is 2.12. The van der Waals surface area contributed by atoms with Gasteiger partial charge in [0.2, 0.25) is 5.91 Å². The summed E-state index contributed by atoms with van der Waals surface area (Å²) < 4.78 is 31.9. The van der Waals surface area contributed by atoms with E-state index >= 15 is 0 Å². The Balaban J connectivity index is 2.13. The molecular weight excluding hydrogens is 314 g/mol. The van der Waals surface area contributed by atoms with Crippen LogP contribution in [-0.2, 0) is 21.2 Å². The maximum absolute atomic E-state index is 12.4. The van der Waals surface area contributed by atoms with Crippen molar-refractivity contribution in [3.8, 4) is 5.75 Å². The Labute approximate surface area is 136 Å². The van der Waals surface area contributed by atoms with Crippen LogP contribution in [0.2, 0.25) is 0 Å². The van der Waals surface area contributed by atoms with E-state index in [-0.39, 0.29) is 11.3 Å². The van der Waals surface area contributed by atoms with Crippen LogP contribution in [0.4, 0.5) is 0 Å². The quantitative estimate of drug-likeness (QED) is 0.912. The number of aryl methyl sites for hydroxylation is 2. The highest BCUT2D eigenvalue weighted by atomic mass is 32.2. The van der Waals surface area contributed by atoms with Gasteiger partial charge in [0.25, 0.3) is 10.0 Å². The maximum atomic E-state index is 12.4. The van der Waals surface area contributed by atoms with Crippen molar-refractivity contribution in [2.75, 3.05) is 7.11 Å². The van der Waals surface area contributed by atoms with Gasteiger partial charge < -0.3 is 4.74 Å². The summed E-state index contributed by atoms with van der Waals surface area (Å²) in [5.74, 6) is 0.105. The first-order valence-corrected chi connectivity index (χ1v) is 8.56. The van der Waals surface area contributed by atoms with E-state index in [2.05, 4.69) is 4.72 Å². The Hall–Kier alpha value is -2.34. The number of methoxy groups -OCH3 is 1. The number of benzene rings is 2. The Morgan fingerprint density at radius 1 is 1.09 bits per heavy atom. The van der Waals surface area contributed by atoms with Crippen LogP contribution in [0.1, 0.15) is 16.7 Å². The van der Waals surface area contributed by atoms with Crippen molar-refractivity contribution in [3.05, 3.63) is 59.2 Å². The number of carbonyl (C=O) groups excluding carboxylic acids is 1. The van der Waals surface area contributed by atoms with E-state index in [1.165, 1.54) is 0 Å². The van der Waals surface area contributed by atoms with Crippen molar-refractivity contribution in [2.24, 2.45) is 0 Å². The summed E-state index contributed by atoms with van der Waals surface area (Å²) >= 11 is 0. The van der Waals surface area contributed by atoms with Crippen LogP contribution in [0.3, 0.4) is 0 Å². The van der Waals surface area contributed by atoms with Gasteiger partial charge in [-0.25, -0.2) is 13.1 Å². The Morgan fingerprint density at radius 2 is 1.74 bits per heavy atom. The minimum Gasteiger partial charge on any atom is -0.497 e. The molecule has 1 amide bonds. The predicted octanol–water partition coefficient (Wildman–Crippen LogP) is 2.36. The molecule has 0 saturated heterocycles. The molecule has 0 fully saturated rings. The van der Waals surface area contributed by atoms with Crippen LogP contribution >= 0.6 is 0 Å². The normalized spacial score (nSPS) is 11.1. The highest BCUT2D eigenvalue weighted by molar-refractivity contribution is 7.90. The van der Waals surface area contributed by atoms with Gasteiger partial charge in [0.05, 0.1) is 18.4 Å². The smallest absolute Gasteiger partial charge is 0.264 e. The van der Waals surface area contributed by atoms with E-state index in [0.29, 0.717) is 16.9 Å². The second-order valence-electron chi connectivity index (χ2n) is 5.32. The number of carbonyl (C=O) groups is 1. The molecular formula is C17H19NO4S. The molecule has 0 unspecified atom stereocenters. The predicted molar refractivity (Wildman–Crippen MR) is 87.9 cm³/mol. The molecule has 0 spiro atoms. The summed E-state index contributed by atoms with van der Waals surface area (Å²) in [6.07, 6.45) is -0.0198. The average molecular weight is 333 g/mol. The molecule has 122 valence electrons. The van der Waals surface area contributed by atoms with Crippen LogP contribution in [0.25, 0.3) is 0 Å². The molecule has 0 saturated carbocycles. The van der Waals surface area contributed by atoms with Crippen molar-refractivity contribution >= 4 is 15.9 Å². The molecule has 2 aromatic carbocycles. The Kier molecular flexibility index (Phi) is 5.05. The number of hydrogen-bond donors (Lipinski definition) is 1. The fraction of sp³-hybridized carbons (Fsp3) is 0.235. The van der Waals surface area contributed by atoms with Crippen molar-refractivity contribution in [2.45, 2.75) is 25.2 Å². The number of nitrogens with one attached hydrogen (secondary N) is 1. The Bertz CT molecular complexity index is 811. The second-order valence-corrected chi connectivity index (χ2v) is 6.97. The fourth-order valence-corrected chi connectivity index (χ4v) is 3.48. The maximum Gasteiger partial charge on any atom is 0.264 e. The highest BCUT2D eigenvalue weighted by Crippen LogP contribution is 2.17. The van der Waals surface area contributed by atoms with Crippen molar-refractivity contribution in [1.29, 1.82) is 0 Å². The highest BCUT2D eigenvalue weighted by Gasteiger charge is 2.20. The first kappa shape index (κ1) is 17.0. The van der Waals surface area contributed by atoms with E-state index < -0.39 is 15.9 Å². The largest absolute Gasteiger partial charge is 0.497 e. The molecule has 6 heteroatoms. The lowest BCUT2D eigenvalue weighted by Gasteiger charge is -2.10. The van der Waals surface area contributed by atoms with E-state index in [0.717, 1.165) is 5.56 Å². The zero-order chi connectivity index (χ0) is 17.0. The lowest BCUT2D eigenvalue weighted by molar-refractivity contribution is -0.118. The molecule has 1 N–H and O–H groups in total. The van der Waals surface area contributed by atoms with Crippen molar-refractivity contribution in [3.63, 3.8) is 0 Å². The minimum atomic E-state index is -3.87. The molecule has 2 rings (SSSR count). The van der Waals surface area contributed by atoms with Gasteiger partial charge in [-0.3, -0.25) is 4.79 Å². The lowest BCUT2D eigenvalue weighted by Crippen LogP contribution is -2.32. The van der Waals surface area contributed by atoms with Crippen LogP contribution in [-0.4, -0.2) is 21.4 Å². The topological polar surface area (TPSA) is 72.5 Å². The monoisotopic (exact) mass is 333 g/mol. The first-order chi connectivity index (χ1) is 10.8. The summed E-state index contributed by atoms with van der Waals surface area (Å²) in [6.45, 7) is 3.50. The summed E-state index contributed by atoms with van der Waals surface area (Å²) in [5, 5.41) is 0. The van der Waals surface area contributed by atoms with Gasteiger partial charge >= 0.3 is 0 Å². The molecule has 0 aromatic heterocycles. The van der Waals surface area contributed by atoms with Gasteiger partial charge in [0.1, 0.15) is 5.75 Å². The van der Waals surface area contributed by atoms with Crippen LogP contribution in [0, 0.1) is 13.8 Å². The minimum absolute atomic E-state index is 0.0198. The zero-order valence-electron chi connectivity index (χ0n) is 13.3. The van der Waals surface area contributed by atoms with Crippen molar-refractivity contribution < 1.29 is 17.9 Å². The van der Waals surface area contributed by atoms with Gasteiger partial charge in [0.15, 0.2) is 0 Å². The molecule has 0 radical (unpaired) electrons. The lowest BCUT2D eigenvalue weighted by atomic mass is 10.1. The van der Waals surface area contributed by atoms with E-state index in [4.69, 9.17) is 4.74 Å². The third-order valence-corrected chi connectivity index (χ3v) is 4.92. The van der Waals surface area contributed by atoms with Gasteiger partial charge in [-0.05, 0) is 48.7 Å². The number of amides is 1.